The van der Waals surface area contributed by atoms with E-state index >= 15 is 0 Å². The smallest absolute Gasteiger partial charge is 0.329 e. The molecule has 0 saturated carbocycles. The summed E-state index contributed by atoms with van der Waals surface area (Å²) >= 11 is 0. The third-order valence-corrected chi connectivity index (χ3v) is 4.91. The minimum absolute atomic E-state index is 0.180. The first-order valence-corrected chi connectivity index (χ1v) is 9.70. The lowest BCUT2D eigenvalue weighted by molar-refractivity contribution is -0.145. The molecule has 0 aliphatic heterocycles. The number of ether oxygens (including phenoxy) is 1. The highest BCUT2D eigenvalue weighted by molar-refractivity contribution is 5.86. The molecule has 3 aromatic carbocycles. The average Bonchev–Trinajstić information content (AvgIpc) is 2.79. The lowest BCUT2D eigenvalue weighted by Crippen LogP contribution is -2.46. The largest absolute Gasteiger partial charge is 0.467 e. The Morgan fingerprint density at radius 3 is 1.76 bits per heavy atom. The van der Waals surface area contributed by atoms with Crippen molar-refractivity contribution in [3.8, 4) is 0 Å². The fourth-order valence-electron chi connectivity index (χ4n) is 3.45. The molecule has 0 aliphatic rings. The lowest BCUT2D eigenvalue weighted by atomic mass is 9.85. The molecule has 1 atom stereocenters. The third-order valence-electron chi connectivity index (χ3n) is 4.91. The number of amides is 1. The molecule has 3 rings (SSSR count). The molecular formula is C25H25NO3. The normalized spacial score (nSPS) is 11.7. The summed E-state index contributed by atoms with van der Waals surface area (Å²) in [4.78, 5) is 25.4. The zero-order valence-electron chi connectivity index (χ0n) is 16.5. The van der Waals surface area contributed by atoms with Crippen molar-refractivity contribution in [3.05, 3.63) is 108 Å². The number of hydrogen-bond acceptors (Lipinski definition) is 3. The molecule has 148 valence electrons. The Balaban J connectivity index is 1.84. The summed E-state index contributed by atoms with van der Waals surface area (Å²) in [6, 6.07) is 28.4. The number of methoxy groups -OCH3 is 1. The van der Waals surface area contributed by atoms with Gasteiger partial charge < -0.3 is 10.1 Å². The fourth-order valence-corrected chi connectivity index (χ4v) is 3.45. The Hall–Kier alpha value is -3.40. The van der Waals surface area contributed by atoms with Crippen molar-refractivity contribution in [2.75, 3.05) is 7.11 Å². The molecule has 0 fully saturated rings. The molecule has 0 saturated heterocycles. The van der Waals surface area contributed by atoms with E-state index in [1.54, 1.807) is 0 Å². The highest BCUT2D eigenvalue weighted by Crippen LogP contribution is 2.29. The van der Waals surface area contributed by atoms with Crippen molar-refractivity contribution in [2.45, 2.75) is 24.8 Å². The van der Waals surface area contributed by atoms with E-state index in [1.165, 1.54) is 7.11 Å². The predicted octanol–water partition coefficient (Wildman–Crippen LogP) is 4.11. The van der Waals surface area contributed by atoms with Crippen LogP contribution in [0.2, 0.25) is 0 Å². The van der Waals surface area contributed by atoms with E-state index in [2.05, 4.69) is 5.32 Å². The quantitative estimate of drug-likeness (QED) is 0.592. The van der Waals surface area contributed by atoms with Gasteiger partial charge in [-0.25, -0.2) is 4.79 Å². The maximum Gasteiger partial charge on any atom is 0.329 e. The summed E-state index contributed by atoms with van der Waals surface area (Å²) in [6.07, 6.45) is 0.912. The summed E-state index contributed by atoms with van der Waals surface area (Å²) < 4.78 is 5.05. The first-order chi connectivity index (χ1) is 14.2. The zero-order valence-corrected chi connectivity index (χ0v) is 16.5. The van der Waals surface area contributed by atoms with Gasteiger partial charge in [0, 0.05) is 12.3 Å². The van der Waals surface area contributed by atoms with Crippen LogP contribution in [0.3, 0.4) is 0 Å². The number of nitrogens with one attached hydrogen (secondary N) is 1. The first-order valence-electron chi connectivity index (χ1n) is 9.70. The van der Waals surface area contributed by atoms with Gasteiger partial charge in [0.2, 0.25) is 5.91 Å². The van der Waals surface area contributed by atoms with Crippen LogP contribution in [0.5, 0.6) is 0 Å². The molecule has 4 nitrogen and oxygen atoms in total. The van der Waals surface area contributed by atoms with Gasteiger partial charge in [-0.1, -0.05) is 91.0 Å². The molecule has 0 aliphatic carbocycles. The summed E-state index contributed by atoms with van der Waals surface area (Å²) in [5.41, 5.74) is 2.97. The number of aryl methyl sites for hydroxylation is 1. The number of carbonyl (C=O) groups excluding carboxylic acids is 2. The summed E-state index contributed by atoms with van der Waals surface area (Å²) in [7, 11) is 1.35. The molecule has 0 radical (unpaired) electrons. The molecule has 1 N–H and O–H groups in total. The third kappa shape index (κ3) is 5.55. The van der Waals surface area contributed by atoms with E-state index in [-0.39, 0.29) is 11.8 Å². The number of carbonyl (C=O) groups is 2. The van der Waals surface area contributed by atoms with Crippen molar-refractivity contribution in [2.24, 2.45) is 0 Å². The van der Waals surface area contributed by atoms with Gasteiger partial charge in [0.25, 0.3) is 0 Å². The maximum absolute atomic E-state index is 12.7. The van der Waals surface area contributed by atoms with Crippen LogP contribution in [0.15, 0.2) is 91.0 Å². The molecule has 4 heteroatoms. The van der Waals surface area contributed by atoms with Crippen LogP contribution in [0.4, 0.5) is 0 Å². The second kappa shape index (κ2) is 10.2. The Morgan fingerprint density at radius 2 is 1.28 bits per heavy atom. The van der Waals surface area contributed by atoms with Crippen molar-refractivity contribution in [1.82, 2.24) is 5.32 Å². The van der Waals surface area contributed by atoms with Crippen LogP contribution in [0, 0.1) is 0 Å². The van der Waals surface area contributed by atoms with Gasteiger partial charge >= 0.3 is 5.97 Å². The number of hydrogen-bond donors (Lipinski definition) is 1. The van der Waals surface area contributed by atoms with Crippen LogP contribution in [-0.2, 0) is 20.7 Å². The number of esters is 1. The second-order valence-corrected chi connectivity index (χ2v) is 6.85. The van der Waals surface area contributed by atoms with Gasteiger partial charge in [-0.15, -0.1) is 0 Å². The SMILES string of the molecule is COC(=O)[C@H](NC(=O)CCc1ccccc1)C(c1ccccc1)c1ccccc1. The molecule has 1 amide bonds. The summed E-state index contributed by atoms with van der Waals surface area (Å²) in [6.45, 7) is 0. The van der Waals surface area contributed by atoms with Crippen molar-refractivity contribution < 1.29 is 14.3 Å². The van der Waals surface area contributed by atoms with Crippen molar-refractivity contribution in [3.63, 3.8) is 0 Å². The van der Waals surface area contributed by atoms with Gasteiger partial charge in [0.1, 0.15) is 6.04 Å². The highest BCUT2D eigenvalue weighted by Gasteiger charge is 2.33. The summed E-state index contributed by atoms with van der Waals surface area (Å²) in [5, 5.41) is 2.92. The van der Waals surface area contributed by atoms with Crippen LogP contribution in [0.25, 0.3) is 0 Å². The molecule has 0 spiro atoms. The Morgan fingerprint density at radius 1 is 0.793 bits per heavy atom. The highest BCUT2D eigenvalue weighted by atomic mass is 16.5. The predicted molar refractivity (Wildman–Crippen MR) is 113 cm³/mol. The molecule has 0 heterocycles. The first kappa shape index (κ1) is 20.3. The standard InChI is InChI=1S/C25H25NO3/c1-29-25(28)24(26-22(27)18-17-19-11-5-2-6-12-19)23(20-13-7-3-8-14-20)21-15-9-4-10-16-21/h2-16,23-24H,17-18H2,1H3,(H,26,27)/t24-/m1/s1. The Bertz CT molecular complexity index is 871. The van der Waals surface area contributed by atoms with Gasteiger partial charge in [-0.3, -0.25) is 4.79 Å². The van der Waals surface area contributed by atoms with Crippen molar-refractivity contribution >= 4 is 11.9 Å². The minimum atomic E-state index is -0.812. The molecule has 0 unspecified atom stereocenters. The van der Waals surface area contributed by atoms with Crippen LogP contribution < -0.4 is 5.32 Å². The zero-order chi connectivity index (χ0) is 20.5. The molecule has 0 bridgehead atoms. The van der Waals surface area contributed by atoms with E-state index in [9.17, 15) is 9.59 Å². The molecule has 3 aromatic rings. The lowest BCUT2D eigenvalue weighted by Gasteiger charge is -2.27. The Kier molecular flexibility index (Phi) is 7.17. The van der Waals surface area contributed by atoms with Gasteiger partial charge in [-0.05, 0) is 23.1 Å². The van der Waals surface area contributed by atoms with Crippen molar-refractivity contribution in [1.29, 1.82) is 0 Å². The monoisotopic (exact) mass is 387 g/mol. The van der Waals surface area contributed by atoms with E-state index in [1.807, 2.05) is 91.0 Å². The number of benzene rings is 3. The van der Waals surface area contributed by atoms with E-state index in [0.29, 0.717) is 12.8 Å². The minimum Gasteiger partial charge on any atom is -0.467 e. The van der Waals surface area contributed by atoms with E-state index in [0.717, 1.165) is 16.7 Å². The number of rotatable bonds is 8. The molecule has 29 heavy (non-hydrogen) atoms. The van der Waals surface area contributed by atoms with Gasteiger partial charge in [-0.2, -0.15) is 0 Å². The summed E-state index contributed by atoms with van der Waals surface area (Å²) in [5.74, 6) is -0.984. The van der Waals surface area contributed by atoms with Crippen LogP contribution in [-0.4, -0.2) is 25.0 Å². The molecular weight excluding hydrogens is 362 g/mol. The van der Waals surface area contributed by atoms with E-state index < -0.39 is 12.0 Å². The van der Waals surface area contributed by atoms with E-state index in [4.69, 9.17) is 4.74 Å². The van der Waals surface area contributed by atoms with Crippen LogP contribution in [0.1, 0.15) is 29.0 Å². The maximum atomic E-state index is 12.7. The van der Waals surface area contributed by atoms with Gasteiger partial charge in [0.15, 0.2) is 0 Å². The molecule has 0 aromatic heterocycles. The van der Waals surface area contributed by atoms with Crippen LogP contribution >= 0.6 is 0 Å². The topological polar surface area (TPSA) is 55.4 Å². The average molecular weight is 387 g/mol. The fraction of sp³-hybridized carbons (Fsp3) is 0.200. The van der Waals surface area contributed by atoms with Gasteiger partial charge in [0.05, 0.1) is 7.11 Å². The Labute approximate surface area is 171 Å². The second-order valence-electron chi connectivity index (χ2n) is 6.85.